The van der Waals surface area contributed by atoms with Gasteiger partial charge in [0, 0.05) is 0 Å². The molecule has 0 heterocycles. The predicted octanol–water partition coefficient (Wildman–Crippen LogP) is 4.73. The molecule has 37 heavy (non-hydrogen) atoms. The molecule has 0 amide bonds. The molecule has 3 rings (SSSR count). The molecule has 0 saturated carbocycles. The summed E-state index contributed by atoms with van der Waals surface area (Å²) in [6.45, 7) is 13.1. The summed E-state index contributed by atoms with van der Waals surface area (Å²) in [6, 6.07) is 25.3. The van der Waals surface area contributed by atoms with Gasteiger partial charge in [0.2, 0.25) is 36.7 Å². The van der Waals surface area contributed by atoms with Gasteiger partial charge in [0.1, 0.15) is 0 Å². The minimum Gasteiger partial charge on any atom is -0.0587 e. The zero-order chi connectivity index (χ0) is 27.4. The monoisotopic (exact) mass is 653 g/mol. The summed E-state index contributed by atoms with van der Waals surface area (Å²) in [5.74, 6) is 1.78. The molecule has 0 spiro atoms. The van der Waals surface area contributed by atoms with Crippen LogP contribution in [-0.2, 0) is 91.3 Å². The van der Waals surface area contributed by atoms with Crippen molar-refractivity contribution in [2.45, 2.75) is 59.3 Å². The van der Waals surface area contributed by atoms with Crippen LogP contribution in [0.5, 0.6) is 0 Å². The SMILES string of the molecule is CC(C)c1ccc(C(=[SH+])[SH2+])cc1.CC(C)c1ccc(C(=[SH+])[SH2+])cc1.CC(C)c1ccc(C(=[SH+])[SH2+])cc1.[Co+2]. The molecular weight excluding hydrogens is 612 g/mol. The number of hydrogen-bond donors (Lipinski definition) is 0. The van der Waals surface area contributed by atoms with Crippen LogP contribution in [0.15, 0.2) is 72.8 Å². The Morgan fingerprint density at radius 2 is 0.595 bits per heavy atom. The molecule has 0 nitrogen and oxygen atoms in total. The molecule has 0 bridgehead atoms. The van der Waals surface area contributed by atoms with Crippen molar-refractivity contribution >= 4 is 87.1 Å². The van der Waals surface area contributed by atoms with Crippen molar-refractivity contribution in [3.8, 4) is 0 Å². The van der Waals surface area contributed by atoms with Gasteiger partial charge in [0.05, 0.1) is 54.6 Å². The van der Waals surface area contributed by atoms with Gasteiger partial charge in [-0.1, -0.05) is 77.9 Å². The number of hydrogen-bond acceptors (Lipinski definition) is 0. The van der Waals surface area contributed by atoms with E-state index >= 15 is 0 Å². The number of thiol groups is 3. The van der Waals surface area contributed by atoms with Gasteiger partial charge in [-0.15, -0.1) is 0 Å². The van der Waals surface area contributed by atoms with Gasteiger partial charge in [-0.05, 0) is 70.8 Å². The maximum absolute atomic E-state index is 4.20. The zero-order valence-corrected chi connectivity index (χ0v) is 29.1. The van der Waals surface area contributed by atoms with Crippen molar-refractivity contribution in [1.29, 1.82) is 0 Å². The third kappa shape index (κ3) is 13.9. The van der Waals surface area contributed by atoms with Crippen LogP contribution in [-0.4, -0.2) is 12.6 Å². The van der Waals surface area contributed by atoms with E-state index in [2.05, 4.69) is 189 Å². The average Bonchev–Trinajstić information content (AvgIpc) is 2.84. The van der Waals surface area contributed by atoms with Crippen molar-refractivity contribution in [1.82, 2.24) is 0 Å². The van der Waals surface area contributed by atoms with E-state index in [1.807, 2.05) is 0 Å². The largest absolute Gasteiger partial charge is 2.00 e. The molecule has 0 aliphatic carbocycles. The van der Waals surface area contributed by atoms with Crippen LogP contribution in [0.25, 0.3) is 0 Å². The Morgan fingerprint density at radius 1 is 0.432 bits per heavy atom. The molecule has 0 unspecified atom stereocenters. The molecule has 0 fully saturated rings. The first-order chi connectivity index (χ1) is 16.8. The molecule has 7 heteroatoms. The Balaban J connectivity index is 0.000000518. The van der Waals surface area contributed by atoms with Crippen molar-refractivity contribution in [2.24, 2.45) is 0 Å². The topological polar surface area (TPSA) is 0 Å². The van der Waals surface area contributed by atoms with Crippen LogP contribution in [0, 0.1) is 0 Å². The Kier molecular flexibility index (Phi) is 18.5. The minimum absolute atomic E-state index is 0. The smallest absolute Gasteiger partial charge is 0.0587 e. The molecular formula is C30H42CoS6+8. The predicted molar refractivity (Wildman–Crippen MR) is 191 cm³/mol. The van der Waals surface area contributed by atoms with Crippen molar-refractivity contribution < 1.29 is 16.8 Å². The standard InChI is InChI=1S/3C10H12S2.Co/c3*1-7(2)8-3-5-9(6-4-8)10(11)12;/h3*3-7H,1-2H3,(H,11,12);/q;;;+2/p+6. The van der Waals surface area contributed by atoms with E-state index in [4.69, 9.17) is 0 Å². The van der Waals surface area contributed by atoms with Crippen molar-refractivity contribution in [3.63, 3.8) is 0 Å². The summed E-state index contributed by atoms with van der Waals surface area (Å²) in [6.07, 6.45) is 0. The second-order valence-electron chi connectivity index (χ2n) is 9.38. The summed E-state index contributed by atoms with van der Waals surface area (Å²) < 4.78 is 2.64. The summed E-state index contributed by atoms with van der Waals surface area (Å²) in [7, 11) is 0. The summed E-state index contributed by atoms with van der Waals surface area (Å²) in [5, 5.41) is 0. The third-order valence-electron chi connectivity index (χ3n) is 5.55. The Bertz CT molecular complexity index is 970. The van der Waals surface area contributed by atoms with Gasteiger partial charge in [0.15, 0.2) is 0 Å². The Labute approximate surface area is 267 Å². The molecule has 1 radical (unpaired) electrons. The van der Waals surface area contributed by atoms with E-state index in [1.165, 1.54) is 16.7 Å². The molecule has 0 aromatic heterocycles. The zero-order valence-electron chi connectivity index (χ0n) is 22.3. The van der Waals surface area contributed by atoms with Gasteiger partial charge in [-0.2, -0.15) is 0 Å². The van der Waals surface area contributed by atoms with E-state index < -0.39 is 0 Å². The molecule has 0 aliphatic rings. The Morgan fingerprint density at radius 3 is 0.703 bits per heavy atom. The van der Waals surface area contributed by atoms with Crippen LogP contribution < -0.4 is 0 Å². The summed E-state index contributed by atoms with van der Waals surface area (Å²) >= 11 is 22.7. The normalized spacial score (nSPS) is 10.1. The van der Waals surface area contributed by atoms with Crippen LogP contribution in [0.3, 0.4) is 0 Å². The van der Waals surface area contributed by atoms with E-state index in [-0.39, 0.29) is 16.8 Å². The van der Waals surface area contributed by atoms with E-state index in [0.717, 1.165) is 29.3 Å². The number of benzene rings is 3. The Hall–Kier alpha value is -0.514. The van der Waals surface area contributed by atoms with Gasteiger partial charge in [0.25, 0.3) is 0 Å². The first kappa shape index (κ1) is 36.5. The first-order valence-electron chi connectivity index (χ1n) is 12.0. The van der Waals surface area contributed by atoms with Crippen molar-refractivity contribution in [3.05, 3.63) is 106 Å². The minimum atomic E-state index is 0. The second-order valence-corrected chi connectivity index (χ2v) is 13.5. The van der Waals surface area contributed by atoms with Crippen LogP contribution in [0.2, 0.25) is 0 Å². The fraction of sp³-hybridized carbons (Fsp3) is 0.300. The van der Waals surface area contributed by atoms with Crippen LogP contribution in [0.1, 0.15) is 92.7 Å². The maximum Gasteiger partial charge on any atom is 2.00 e. The summed E-state index contributed by atoms with van der Waals surface area (Å²) in [4.78, 5) is 0. The molecule has 3 aromatic rings. The average molecular weight is 654 g/mol. The quantitative estimate of drug-likeness (QED) is 0.205. The fourth-order valence-corrected chi connectivity index (χ4v) is 4.02. The molecule has 199 valence electrons. The fourth-order valence-electron chi connectivity index (χ4n) is 3.08. The van der Waals surface area contributed by atoms with Gasteiger partial charge >= 0.3 is 29.4 Å². The van der Waals surface area contributed by atoms with Gasteiger partial charge < -0.3 is 0 Å². The third-order valence-corrected chi connectivity index (χ3v) is 7.19. The van der Waals surface area contributed by atoms with Crippen molar-refractivity contribution in [2.75, 3.05) is 0 Å². The second kappa shape index (κ2) is 18.7. The van der Waals surface area contributed by atoms with E-state index in [9.17, 15) is 0 Å². The molecule has 0 saturated heterocycles. The maximum atomic E-state index is 4.20. The molecule has 0 aliphatic heterocycles. The summed E-state index contributed by atoms with van der Waals surface area (Å²) in [5.41, 5.74) is 7.46. The molecule has 3 aromatic carbocycles. The molecule has 0 N–H and O–H groups in total. The van der Waals surface area contributed by atoms with Gasteiger partial charge in [-0.3, -0.25) is 0 Å². The van der Waals surface area contributed by atoms with E-state index in [1.54, 1.807) is 0 Å². The number of rotatable bonds is 6. The van der Waals surface area contributed by atoms with E-state index in [0.29, 0.717) is 17.8 Å². The van der Waals surface area contributed by atoms with Crippen LogP contribution >= 0.6 is 0 Å². The van der Waals surface area contributed by atoms with Gasteiger partial charge in [-0.25, -0.2) is 0 Å². The first-order valence-corrected chi connectivity index (χ1v) is 14.8. The van der Waals surface area contributed by atoms with Crippen LogP contribution in [0.4, 0.5) is 0 Å². The molecule has 0 atom stereocenters.